The SMILES string of the molecule is COc1cc(Nc2c(C(=O)N3CCOCC3)cnc3nc(C)ccc23)cc(OC)c1.Cl. The fraction of sp³-hybridized carbons (Fsp3) is 0.318. The molecule has 1 fully saturated rings. The molecule has 1 aliphatic rings. The highest BCUT2D eigenvalue weighted by molar-refractivity contribution is 6.07. The topological polar surface area (TPSA) is 85.8 Å². The number of ether oxygens (including phenoxy) is 3. The first kappa shape index (κ1) is 22.6. The Morgan fingerprint density at radius 2 is 1.77 bits per heavy atom. The zero-order valence-electron chi connectivity index (χ0n) is 17.7. The van der Waals surface area contributed by atoms with Crippen molar-refractivity contribution in [3.05, 3.63) is 47.8 Å². The van der Waals surface area contributed by atoms with E-state index < -0.39 is 0 Å². The van der Waals surface area contributed by atoms with Crippen LogP contribution in [0.3, 0.4) is 0 Å². The van der Waals surface area contributed by atoms with Crippen LogP contribution >= 0.6 is 12.4 Å². The number of methoxy groups -OCH3 is 2. The van der Waals surface area contributed by atoms with Crippen LogP contribution in [0, 0.1) is 6.92 Å². The Kier molecular flexibility index (Phi) is 7.14. The van der Waals surface area contributed by atoms with Gasteiger partial charge in [-0.2, -0.15) is 0 Å². The molecule has 9 heteroatoms. The molecule has 0 atom stereocenters. The molecule has 164 valence electrons. The van der Waals surface area contributed by atoms with E-state index in [2.05, 4.69) is 15.3 Å². The van der Waals surface area contributed by atoms with Gasteiger partial charge < -0.3 is 24.4 Å². The maximum absolute atomic E-state index is 13.3. The monoisotopic (exact) mass is 444 g/mol. The zero-order chi connectivity index (χ0) is 21.1. The quantitative estimate of drug-likeness (QED) is 0.643. The molecule has 1 aromatic carbocycles. The fourth-order valence-electron chi connectivity index (χ4n) is 3.43. The van der Waals surface area contributed by atoms with Crippen molar-refractivity contribution in [2.24, 2.45) is 0 Å². The minimum Gasteiger partial charge on any atom is -0.497 e. The molecule has 1 aliphatic heterocycles. The number of benzene rings is 1. The summed E-state index contributed by atoms with van der Waals surface area (Å²) in [6, 6.07) is 9.32. The maximum Gasteiger partial charge on any atom is 0.257 e. The van der Waals surface area contributed by atoms with E-state index in [-0.39, 0.29) is 18.3 Å². The molecule has 0 aliphatic carbocycles. The predicted octanol–water partition coefficient (Wildman–Crippen LogP) is 3.59. The number of amides is 1. The van der Waals surface area contributed by atoms with Gasteiger partial charge in [-0.1, -0.05) is 0 Å². The van der Waals surface area contributed by atoms with Gasteiger partial charge in [0.05, 0.1) is 38.7 Å². The zero-order valence-corrected chi connectivity index (χ0v) is 18.5. The number of hydrogen-bond acceptors (Lipinski definition) is 7. The highest BCUT2D eigenvalue weighted by Gasteiger charge is 2.23. The maximum atomic E-state index is 13.3. The lowest BCUT2D eigenvalue weighted by molar-refractivity contribution is 0.0303. The Balaban J connectivity index is 0.00000272. The Morgan fingerprint density at radius 1 is 1.10 bits per heavy atom. The second-order valence-electron chi connectivity index (χ2n) is 7.00. The summed E-state index contributed by atoms with van der Waals surface area (Å²) < 4.78 is 16.1. The summed E-state index contributed by atoms with van der Waals surface area (Å²) in [4.78, 5) is 24.0. The molecule has 31 heavy (non-hydrogen) atoms. The van der Waals surface area contributed by atoms with Crippen molar-refractivity contribution in [2.45, 2.75) is 6.92 Å². The third kappa shape index (κ3) is 4.81. The average Bonchev–Trinajstić information content (AvgIpc) is 2.79. The minimum atomic E-state index is -0.0920. The molecule has 3 aromatic rings. The number of rotatable bonds is 5. The number of carbonyl (C=O) groups is 1. The minimum absolute atomic E-state index is 0. The number of morpholine rings is 1. The Bertz CT molecular complexity index is 1060. The van der Waals surface area contributed by atoms with Gasteiger partial charge in [0.15, 0.2) is 5.65 Å². The van der Waals surface area contributed by atoms with Crippen molar-refractivity contribution in [3.63, 3.8) is 0 Å². The van der Waals surface area contributed by atoms with Gasteiger partial charge >= 0.3 is 0 Å². The van der Waals surface area contributed by atoms with Crippen LogP contribution in [0.4, 0.5) is 11.4 Å². The Morgan fingerprint density at radius 3 is 2.42 bits per heavy atom. The molecule has 1 N–H and O–H groups in total. The summed E-state index contributed by atoms with van der Waals surface area (Å²) in [5.74, 6) is 1.20. The number of nitrogens with one attached hydrogen (secondary N) is 1. The number of aryl methyl sites for hydroxylation is 1. The molecule has 0 unspecified atom stereocenters. The number of hydrogen-bond donors (Lipinski definition) is 1. The molecular formula is C22H25ClN4O4. The molecule has 1 amide bonds. The van der Waals surface area contributed by atoms with E-state index in [9.17, 15) is 4.79 Å². The van der Waals surface area contributed by atoms with E-state index in [1.165, 1.54) is 0 Å². The van der Waals surface area contributed by atoms with E-state index in [0.717, 1.165) is 16.8 Å². The first-order valence-electron chi connectivity index (χ1n) is 9.72. The molecule has 3 heterocycles. The predicted molar refractivity (Wildman–Crippen MR) is 121 cm³/mol. The number of halogens is 1. The molecule has 0 radical (unpaired) electrons. The van der Waals surface area contributed by atoms with E-state index in [1.54, 1.807) is 31.4 Å². The van der Waals surface area contributed by atoms with Crippen molar-refractivity contribution >= 4 is 40.7 Å². The highest BCUT2D eigenvalue weighted by atomic mass is 35.5. The molecule has 2 aromatic heterocycles. The molecule has 4 rings (SSSR count). The van der Waals surface area contributed by atoms with Crippen molar-refractivity contribution in [3.8, 4) is 11.5 Å². The fourth-order valence-corrected chi connectivity index (χ4v) is 3.43. The van der Waals surface area contributed by atoms with Crippen LogP contribution in [0.2, 0.25) is 0 Å². The van der Waals surface area contributed by atoms with Gasteiger partial charge in [0, 0.05) is 54.3 Å². The van der Waals surface area contributed by atoms with Crippen molar-refractivity contribution in [1.29, 1.82) is 0 Å². The lowest BCUT2D eigenvalue weighted by Crippen LogP contribution is -2.41. The van der Waals surface area contributed by atoms with Crippen molar-refractivity contribution in [1.82, 2.24) is 14.9 Å². The summed E-state index contributed by atoms with van der Waals surface area (Å²) in [6.07, 6.45) is 1.59. The molecule has 8 nitrogen and oxygen atoms in total. The van der Waals surface area contributed by atoms with Gasteiger partial charge in [0.2, 0.25) is 0 Å². The molecule has 0 bridgehead atoms. The van der Waals surface area contributed by atoms with Crippen LogP contribution < -0.4 is 14.8 Å². The second-order valence-corrected chi connectivity index (χ2v) is 7.00. The normalized spacial score (nSPS) is 13.5. The van der Waals surface area contributed by atoms with E-state index in [0.29, 0.717) is 54.7 Å². The lowest BCUT2D eigenvalue weighted by atomic mass is 10.1. The smallest absolute Gasteiger partial charge is 0.257 e. The molecular weight excluding hydrogens is 420 g/mol. The molecule has 0 saturated carbocycles. The van der Waals surface area contributed by atoms with Crippen LogP contribution in [0.1, 0.15) is 16.1 Å². The summed E-state index contributed by atoms with van der Waals surface area (Å²) in [6.45, 7) is 4.07. The number of carbonyl (C=O) groups excluding carboxylic acids is 1. The summed E-state index contributed by atoms with van der Waals surface area (Å²) in [5.41, 5.74) is 3.30. The highest BCUT2D eigenvalue weighted by Crippen LogP contribution is 2.33. The van der Waals surface area contributed by atoms with Crippen LogP contribution in [0.15, 0.2) is 36.5 Å². The number of fused-ring (bicyclic) bond motifs is 1. The van der Waals surface area contributed by atoms with Crippen LogP contribution in [0.5, 0.6) is 11.5 Å². The first-order valence-corrected chi connectivity index (χ1v) is 9.72. The Hall–Kier alpha value is -3.10. The van der Waals surface area contributed by atoms with Gasteiger partial charge in [-0.05, 0) is 19.1 Å². The summed E-state index contributed by atoms with van der Waals surface area (Å²) in [7, 11) is 3.20. The average molecular weight is 445 g/mol. The van der Waals surface area contributed by atoms with Crippen LogP contribution in [-0.4, -0.2) is 61.3 Å². The van der Waals surface area contributed by atoms with E-state index in [1.807, 2.05) is 31.2 Å². The van der Waals surface area contributed by atoms with Crippen LogP contribution in [0.25, 0.3) is 11.0 Å². The molecule has 0 spiro atoms. The summed E-state index contributed by atoms with van der Waals surface area (Å²) >= 11 is 0. The van der Waals surface area contributed by atoms with E-state index >= 15 is 0 Å². The Labute approximate surface area is 186 Å². The van der Waals surface area contributed by atoms with Gasteiger partial charge in [-0.3, -0.25) is 4.79 Å². The number of anilines is 2. The van der Waals surface area contributed by atoms with Crippen LogP contribution in [-0.2, 0) is 4.74 Å². The standard InChI is InChI=1S/C22H24N4O4.ClH/c1-14-4-5-18-20(25-15-10-16(28-2)12-17(11-15)29-3)19(13-23-21(18)24-14)22(27)26-6-8-30-9-7-26;/h4-5,10-13H,6-9H2,1-3H3,(H,23,24,25);1H. The number of nitrogens with zero attached hydrogens (tertiary/aromatic N) is 3. The molecule has 1 saturated heterocycles. The van der Waals surface area contributed by atoms with E-state index in [4.69, 9.17) is 14.2 Å². The second kappa shape index (κ2) is 9.80. The third-order valence-electron chi connectivity index (χ3n) is 5.02. The van der Waals surface area contributed by atoms with Crippen molar-refractivity contribution in [2.75, 3.05) is 45.8 Å². The van der Waals surface area contributed by atoms with Gasteiger partial charge in [0.1, 0.15) is 11.5 Å². The number of aromatic nitrogens is 2. The summed E-state index contributed by atoms with van der Waals surface area (Å²) in [5, 5.41) is 4.15. The van der Waals surface area contributed by atoms with Gasteiger partial charge in [-0.25, -0.2) is 9.97 Å². The number of pyridine rings is 2. The first-order chi connectivity index (χ1) is 14.6. The lowest BCUT2D eigenvalue weighted by Gasteiger charge is -2.27. The van der Waals surface area contributed by atoms with Gasteiger partial charge in [0.25, 0.3) is 5.91 Å². The van der Waals surface area contributed by atoms with Gasteiger partial charge in [-0.15, -0.1) is 12.4 Å². The third-order valence-corrected chi connectivity index (χ3v) is 5.02. The largest absolute Gasteiger partial charge is 0.497 e. The van der Waals surface area contributed by atoms with Crippen molar-refractivity contribution < 1.29 is 19.0 Å².